The Balaban J connectivity index is 2.26. The Morgan fingerprint density at radius 3 is 2.85 bits per heavy atom. The minimum Gasteiger partial charge on any atom is -0.496 e. The van der Waals surface area contributed by atoms with Crippen LogP contribution in [0.2, 0.25) is 5.02 Å². The number of likely N-dealkylation sites (N-methyl/N-ethyl adjacent to an activating group) is 1. The fraction of sp³-hybridized carbons (Fsp3) is 0.400. The first-order valence-electron chi connectivity index (χ1n) is 6.62. The number of rotatable bonds is 6. The molecule has 0 fully saturated rings. The Bertz CT molecular complexity index is 571. The molecule has 5 heteroatoms. The molecule has 2 aromatic rings. The molecule has 0 saturated carbocycles. The van der Waals surface area contributed by atoms with Gasteiger partial charge in [-0.25, -0.2) is 4.98 Å². The van der Waals surface area contributed by atoms with Gasteiger partial charge in [0, 0.05) is 22.1 Å². The molecule has 3 nitrogen and oxygen atoms in total. The largest absolute Gasteiger partial charge is 0.496 e. The molecule has 1 unspecified atom stereocenters. The average Bonchev–Trinajstić information content (AvgIpc) is 2.85. The van der Waals surface area contributed by atoms with E-state index in [1.807, 2.05) is 31.3 Å². The van der Waals surface area contributed by atoms with E-state index in [9.17, 15) is 0 Å². The number of benzene rings is 1. The fourth-order valence-corrected chi connectivity index (χ4v) is 3.24. The van der Waals surface area contributed by atoms with E-state index in [1.54, 1.807) is 18.4 Å². The summed E-state index contributed by atoms with van der Waals surface area (Å²) in [7, 11) is 1.69. The van der Waals surface area contributed by atoms with Crippen LogP contribution in [0.5, 0.6) is 5.75 Å². The summed E-state index contributed by atoms with van der Waals surface area (Å²) in [6.07, 6.45) is 2.78. The second-order valence-electron chi connectivity index (χ2n) is 4.55. The summed E-state index contributed by atoms with van der Waals surface area (Å²) in [4.78, 5) is 5.58. The molecule has 0 spiro atoms. The van der Waals surface area contributed by atoms with Gasteiger partial charge in [-0.05, 0) is 43.7 Å². The van der Waals surface area contributed by atoms with Crippen LogP contribution in [0.15, 0.2) is 24.4 Å². The highest BCUT2D eigenvalue weighted by molar-refractivity contribution is 7.11. The predicted octanol–water partition coefficient (Wildman–Crippen LogP) is 4.01. The quantitative estimate of drug-likeness (QED) is 0.875. The van der Waals surface area contributed by atoms with Crippen LogP contribution >= 0.6 is 22.9 Å². The molecular weight excluding hydrogens is 292 g/mol. The van der Waals surface area contributed by atoms with E-state index in [1.165, 1.54) is 4.88 Å². The van der Waals surface area contributed by atoms with E-state index >= 15 is 0 Å². The first kappa shape index (κ1) is 15.3. The third kappa shape index (κ3) is 3.72. The van der Waals surface area contributed by atoms with Crippen LogP contribution in [0, 0.1) is 6.92 Å². The molecule has 1 aromatic heterocycles. The van der Waals surface area contributed by atoms with Crippen molar-refractivity contribution in [3.05, 3.63) is 44.9 Å². The van der Waals surface area contributed by atoms with Gasteiger partial charge in [0.2, 0.25) is 0 Å². The third-order valence-corrected chi connectivity index (χ3v) is 4.36. The van der Waals surface area contributed by atoms with E-state index in [0.29, 0.717) is 0 Å². The highest BCUT2D eigenvalue weighted by Crippen LogP contribution is 2.29. The fourth-order valence-electron chi connectivity index (χ4n) is 2.19. The van der Waals surface area contributed by atoms with E-state index in [4.69, 9.17) is 16.3 Å². The van der Waals surface area contributed by atoms with Crippen LogP contribution in [-0.4, -0.2) is 18.6 Å². The summed E-state index contributed by atoms with van der Waals surface area (Å²) in [5, 5.41) is 5.32. The van der Waals surface area contributed by atoms with E-state index in [2.05, 4.69) is 17.2 Å². The predicted molar refractivity (Wildman–Crippen MR) is 85.0 cm³/mol. The van der Waals surface area contributed by atoms with Crippen molar-refractivity contribution in [2.45, 2.75) is 26.3 Å². The monoisotopic (exact) mass is 310 g/mol. The van der Waals surface area contributed by atoms with Crippen molar-refractivity contribution in [1.82, 2.24) is 10.3 Å². The molecular formula is C15H19ClN2OS. The minimum absolute atomic E-state index is 0.235. The van der Waals surface area contributed by atoms with Gasteiger partial charge in [0.1, 0.15) is 5.75 Å². The van der Waals surface area contributed by atoms with Gasteiger partial charge < -0.3 is 10.1 Å². The number of hydrogen-bond acceptors (Lipinski definition) is 4. The number of thiazole rings is 1. The lowest BCUT2D eigenvalue weighted by atomic mass is 10.0. The molecule has 20 heavy (non-hydrogen) atoms. The molecule has 0 amide bonds. The van der Waals surface area contributed by atoms with Crippen LogP contribution in [0.3, 0.4) is 0 Å². The molecule has 0 aliphatic heterocycles. The normalized spacial score (nSPS) is 12.4. The lowest BCUT2D eigenvalue weighted by molar-refractivity contribution is 0.406. The number of nitrogens with one attached hydrogen (secondary N) is 1. The van der Waals surface area contributed by atoms with Crippen LogP contribution in [0.25, 0.3) is 0 Å². The van der Waals surface area contributed by atoms with Crippen molar-refractivity contribution < 1.29 is 4.74 Å². The molecule has 0 bridgehead atoms. The summed E-state index contributed by atoms with van der Waals surface area (Å²) in [6.45, 7) is 5.04. The van der Waals surface area contributed by atoms with Gasteiger partial charge in [0.25, 0.3) is 0 Å². The lowest BCUT2D eigenvalue weighted by Gasteiger charge is -2.18. The van der Waals surface area contributed by atoms with Gasteiger partial charge in [-0.3, -0.25) is 0 Å². The second kappa shape index (κ2) is 7.07. The van der Waals surface area contributed by atoms with Crippen molar-refractivity contribution in [2.24, 2.45) is 0 Å². The van der Waals surface area contributed by atoms with Gasteiger partial charge in [-0.1, -0.05) is 18.5 Å². The molecule has 2 rings (SSSR count). The Morgan fingerprint density at radius 2 is 2.25 bits per heavy atom. The first-order chi connectivity index (χ1) is 9.63. The molecule has 0 radical (unpaired) electrons. The van der Waals surface area contributed by atoms with Crippen LogP contribution in [0.1, 0.15) is 28.4 Å². The van der Waals surface area contributed by atoms with Crippen molar-refractivity contribution in [1.29, 1.82) is 0 Å². The van der Waals surface area contributed by atoms with Crippen molar-refractivity contribution >= 4 is 22.9 Å². The Kier molecular flexibility index (Phi) is 5.40. The smallest absolute Gasteiger partial charge is 0.122 e. The maximum atomic E-state index is 6.10. The molecule has 1 aromatic carbocycles. The molecule has 1 atom stereocenters. The average molecular weight is 311 g/mol. The van der Waals surface area contributed by atoms with E-state index in [0.717, 1.165) is 34.3 Å². The molecule has 1 N–H and O–H groups in total. The van der Waals surface area contributed by atoms with Crippen molar-refractivity contribution in [3.63, 3.8) is 0 Å². The van der Waals surface area contributed by atoms with Gasteiger partial charge in [-0.2, -0.15) is 0 Å². The summed E-state index contributed by atoms with van der Waals surface area (Å²) in [5.41, 5.74) is 1.11. The van der Waals surface area contributed by atoms with E-state index in [-0.39, 0.29) is 6.04 Å². The SMILES string of the molecule is CCNC(Cc1cc(Cl)ccc1OC)c1cnc(C)s1. The van der Waals surface area contributed by atoms with Gasteiger partial charge in [0.15, 0.2) is 0 Å². The topological polar surface area (TPSA) is 34.1 Å². The number of ether oxygens (including phenoxy) is 1. The minimum atomic E-state index is 0.235. The van der Waals surface area contributed by atoms with Crippen LogP contribution < -0.4 is 10.1 Å². The molecule has 0 saturated heterocycles. The number of aromatic nitrogens is 1. The summed E-state index contributed by atoms with van der Waals surface area (Å²) in [6, 6.07) is 5.97. The number of hydrogen-bond donors (Lipinski definition) is 1. The van der Waals surface area contributed by atoms with Crippen LogP contribution in [-0.2, 0) is 6.42 Å². The highest BCUT2D eigenvalue weighted by Gasteiger charge is 2.16. The third-order valence-electron chi connectivity index (χ3n) is 3.10. The van der Waals surface area contributed by atoms with Gasteiger partial charge in [0.05, 0.1) is 12.1 Å². The Hall–Kier alpha value is -1.10. The summed E-state index contributed by atoms with van der Waals surface area (Å²) < 4.78 is 5.42. The maximum absolute atomic E-state index is 6.10. The van der Waals surface area contributed by atoms with Gasteiger partial charge >= 0.3 is 0 Å². The standard InChI is InChI=1S/C15H19ClN2OS/c1-4-17-13(15-9-18-10(2)20-15)8-11-7-12(16)5-6-14(11)19-3/h5-7,9,13,17H,4,8H2,1-3H3. The highest BCUT2D eigenvalue weighted by atomic mass is 35.5. The summed E-state index contributed by atoms with van der Waals surface area (Å²) >= 11 is 7.82. The second-order valence-corrected chi connectivity index (χ2v) is 6.25. The number of aryl methyl sites for hydroxylation is 1. The van der Waals surface area contributed by atoms with Crippen LogP contribution in [0.4, 0.5) is 0 Å². The Morgan fingerprint density at radius 1 is 1.45 bits per heavy atom. The zero-order chi connectivity index (χ0) is 14.5. The molecule has 0 aliphatic carbocycles. The van der Waals surface area contributed by atoms with Gasteiger partial charge in [-0.15, -0.1) is 11.3 Å². The zero-order valence-corrected chi connectivity index (χ0v) is 13.5. The first-order valence-corrected chi connectivity index (χ1v) is 7.81. The maximum Gasteiger partial charge on any atom is 0.122 e. The molecule has 108 valence electrons. The number of methoxy groups -OCH3 is 1. The van der Waals surface area contributed by atoms with E-state index < -0.39 is 0 Å². The lowest BCUT2D eigenvalue weighted by Crippen LogP contribution is -2.22. The molecule has 1 heterocycles. The summed E-state index contributed by atoms with van der Waals surface area (Å²) in [5.74, 6) is 0.874. The molecule has 0 aliphatic rings. The zero-order valence-electron chi connectivity index (χ0n) is 11.9. The van der Waals surface area contributed by atoms with Crippen molar-refractivity contribution in [3.8, 4) is 5.75 Å². The number of halogens is 1. The number of nitrogens with zero attached hydrogens (tertiary/aromatic N) is 1. The Labute approximate surface area is 129 Å². The van der Waals surface area contributed by atoms with Crippen molar-refractivity contribution in [2.75, 3.05) is 13.7 Å².